The van der Waals surface area contributed by atoms with E-state index in [0.29, 0.717) is 0 Å². The molecule has 0 saturated carbocycles. The van der Waals surface area contributed by atoms with Gasteiger partial charge in [-0.15, -0.1) is 0 Å². The third-order valence-electron chi connectivity index (χ3n) is 6.47. The normalized spacial score (nSPS) is 23.0. The summed E-state index contributed by atoms with van der Waals surface area (Å²) in [5.41, 5.74) is 1.22. The molecule has 1 aromatic carbocycles. The molecule has 2 aliphatic heterocycles. The van der Waals surface area contributed by atoms with E-state index in [2.05, 4.69) is 54.0 Å². The molecular formula is C23H38N2O2. The van der Waals surface area contributed by atoms with Crippen molar-refractivity contribution in [1.82, 2.24) is 9.80 Å². The first-order valence-corrected chi connectivity index (χ1v) is 10.3. The van der Waals surface area contributed by atoms with Gasteiger partial charge in [0.15, 0.2) is 0 Å². The molecule has 1 atom stereocenters. The number of rotatable bonds is 8. The Morgan fingerprint density at radius 1 is 1.00 bits per heavy atom. The van der Waals surface area contributed by atoms with Gasteiger partial charge in [-0.25, -0.2) is 0 Å². The Morgan fingerprint density at radius 2 is 1.59 bits per heavy atom. The van der Waals surface area contributed by atoms with Gasteiger partial charge in [-0.1, -0.05) is 51.6 Å². The monoisotopic (exact) mass is 374 g/mol. The van der Waals surface area contributed by atoms with Crippen LogP contribution in [0, 0.1) is 5.41 Å². The van der Waals surface area contributed by atoms with Crippen LogP contribution >= 0.6 is 0 Å². The van der Waals surface area contributed by atoms with Crippen molar-refractivity contribution in [2.75, 3.05) is 39.3 Å². The van der Waals surface area contributed by atoms with Crippen LogP contribution in [-0.2, 0) is 16.0 Å². The van der Waals surface area contributed by atoms with Crippen LogP contribution in [0.5, 0.6) is 0 Å². The molecule has 4 nitrogen and oxygen atoms in total. The number of cyclic esters (lactones) is 1. The minimum Gasteiger partial charge on any atom is -0.462 e. The number of hydrogen-bond acceptors (Lipinski definition) is 4. The number of nitrogens with zero attached hydrogens (tertiary/aromatic N) is 2. The maximum Gasteiger partial charge on any atom is 0.312 e. The molecule has 0 radical (unpaired) electrons. The lowest BCUT2D eigenvalue weighted by atomic mass is 9.79. The van der Waals surface area contributed by atoms with Crippen molar-refractivity contribution in [3.05, 3.63) is 35.9 Å². The summed E-state index contributed by atoms with van der Waals surface area (Å²) in [6, 6.07) is 10.7. The molecule has 2 aliphatic rings. The van der Waals surface area contributed by atoms with Gasteiger partial charge >= 0.3 is 5.97 Å². The fourth-order valence-electron chi connectivity index (χ4n) is 4.32. The van der Waals surface area contributed by atoms with Crippen molar-refractivity contribution < 1.29 is 9.53 Å². The van der Waals surface area contributed by atoms with Gasteiger partial charge in [0.1, 0.15) is 6.10 Å². The molecule has 0 amide bonds. The second-order valence-corrected chi connectivity index (χ2v) is 7.93. The van der Waals surface area contributed by atoms with Crippen LogP contribution in [0.3, 0.4) is 0 Å². The Morgan fingerprint density at radius 3 is 2.15 bits per heavy atom. The van der Waals surface area contributed by atoms with Crippen LogP contribution in [0.1, 0.15) is 52.5 Å². The van der Waals surface area contributed by atoms with Gasteiger partial charge in [-0.2, -0.15) is 0 Å². The lowest BCUT2D eigenvalue weighted by molar-refractivity contribution is -0.149. The van der Waals surface area contributed by atoms with Gasteiger partial charge in [0.05, 0.1) is 5.41 Å². The lowest BCUT2D eigenvalue weighted by Gasteiger charge is -2.35. The maximum absolute atomic E-state index is 12.2. The van der Waals surface area contributed by atoms with E-state index in [9.17, 15) is 4.79 Å². The predicted octanol–water partition coefficient (Wildman–Crippen LogP) is 3.99. The van der Waals surface area contributed by atoms with E-state index in [1.807, 2.05) is 0 Å². The number of carbonyl (C=O) groups is 1. The van der Waals surface area contributed by atoms with E-state index in [1.165, 1.54) is 5.56 Å². The van der Waals surface area contributed by atoms with Crippen molar-refractivity contribution >= 4 is 5.97 Å². The van der Waals surface area contributed by atoms with Gasteiger partial charge in [-0.05, 0) is 31.2 Å². The van der Waals surface area contributed by atoms with E-state index in [1.54, 1.807) is 0 Å². The number of hydrogen-bond donors (Lipinski definition) is 0. The highest BCUT2D eigenvalue weighted by molar-refractivity contribution is 5.78. The maximum atomic E-state index is 12.2. The summed E-state index contributed by atoms with van der Waals surface area (Å²) < 4.78 is 5.68. The number of esters is 1. The quantitative estimate of drug-likeness (QED) is 0.644. The smallest absolute Gasteiger partial charge is 0.312 e. The van der Waals surface area contributed by atoms with Gasteiger partial charge in [-0.3, -0.25) is 4.79 Å². The summed E-state index contributed by atoms with van der Waals surface area (Å²) in [7, 11) is 0. The summed E-state index contributed by atoms with van der Waals surface area (Å²) in [5.74, 6) is 0.0400. The SMILES string of the molecule is C.CCC1(CC)CC(CCN2CCN(CCc3ccccc3)CC2)OC1=O. The standard InChI is InChI=1S/C22H34N2O2.CH4/c1-3-22(4-2)18-20(26-21(22)25)11-13-24-16-14-23(15-17-24)12-10-19-8-6-5-7-9-19;/h5-9,20H,3-4,10-18H2,1-2H3;1H4. The third kappa shape index (κ3) is 5.55. The fraction of sp³-hybridized carbons (Fsp3) is 0.696. The Bertz CT molecular complexity index is 563. The highest BCUT2D eigenvalue weighted by Crippen LogP contribution is 2.41. The van der Waals surface area contributed by atoms with Crippen molar-refractivity contribution in [1.29, 1.82) is 0 Å². The van der Waals surface area contributed by atoms with Gasteiger partial charge < -0.3 is 14.5 Å². The minimum atomic E-state index is -0.208. The number of benzene rings is 1. The Kier molecular flexibility index (Phi) is 8.30. The summed E-state index contributed by atoms with van der Waals surface area (Å²) in [5, 5.41) is 0. The molecule has 2 fully saturated rings. The van der Waals surface area contributed by atoms with Crippen LogP contribution in [0.2, 0.25) is 0 Å². The average Bonchev–Trinajstić information content (AvgIpc) is 3.02. The molecule has 0 aliphatic carbocycles. The molecule has 1 unspecified atom stereocenters. The predicted molar refractivity (Wildman–Crippen MR) is 112 cm³/mol. The van der Waals surface area contributed by atoms with Crippen LogP contribution in [0.15, 0.2) is 30.3 Å². The molecule has 0 bridgehead atoms. The lowest BCUT2D eigenvalue weighted by Crippen LogP contribution is -2.47. The van der Waals surface area contributed by atoms with Crippen molar-refractivity contribution in [2.45, 2.75) is 59.5 Å². The van der Waals surface area contributed by atoms with E-state index < -0.39 is 0 Å². The molecule has 0 N–H and O–H groups in total. The van der Waals surface area contributed by atoms with Crippen molar-refractivity contribution in [3.8, 4) is 0 Å². The molecule has 152 valence electrons. The third-order valence-corrected chi connectivity index (χ3v) is 6.47. The fourth-order valence-corrected chi connectivity index (χ4v) is 4.32. The Hall–Kier alpha value is -1.39. The second-order valence-electron chi connectivity index (χ2n) is 7.93. The Balaban J connectivity index is 0.00000261. The first kappa shape index (κ1) is 21.9. The number of piperazine rings is 1. The topological polar surface area (TPSA) is 32.8 Å². The van der Waals surface area contributed by atoms with Gasteiger partial charge in [0.25, 0.3) is 0 Å². The summed E-state index contributed by atoms with van der Waals surface area (Å²) >= 11 is 0. The zero-order valence-electron chi connectivity index (χ0n) is 16.5. The summed E-state index contributed by atoms with van der Waals surface area (Å²) in [4.78, 5) is 17.3. The van der Waals surface area contributed by atoms with E-state index in [-0.39, 0.29) is 24.9 Å². The molecule has 4 heteroatoms. The first-order chi connectivity index (χ1) is 12.6. The molecule has 2 saturated heterocycles. The largest absolute Gasteiger partial charge is 0.462 e. The van der Waals surface area contributed by atoms with Crippen molar-refractivity contribution in [2.24, 2.45) is 5.41 Å². The van der Waals surface area contributed by atoms with E-state index in [0.717, 1.165) is 71.4 Å². The molecule has 1 aromatic rings. The second kappa shape index (κ2) is 10.2. The van der Waals surface area contributed by atoms with Crippen LogP contribution in [-0.4, -0.2) is 61.1 Å². The Labute approximate surface area is 165 Å². The van der Waals surface area contributed by atoms with Gasteiger partial charge in [0.2, 0.25) is 0 Å². The summed E-state index contributed by atoms with van der Waals surface area (Å²) in [6.07, 6.45) is 4.96. The minimum absolute atomic E-state index is 0. The molecule has 27 heavy (non-hydrogen) atoms. The molecule has 0 spiro atoms. The number of carbonyl (C=O) groups excluding carboxylic acids is 1. The average molecular weight is 375 g/mol. The first-order valence-electron chi connectivity index (χ1n) is 10.3. The molecule has 3 rings (SSSR count). The van der Waals surface area contributed by atoms with Crippen molar-refractivity contribution in [3.63, 3.8) is 0 Å². The van der Waals surface area contributed by atoms with Gasteiger partial charge in [0, 0.05) is 45.7 Å². The zero-order chi connectivity index (χ0) is 18.4. The van der Waals surface area contributed by atoms with E-state index in [4.69, 9.17) is 4.74 Å². The van der Waals surface area contributed by atoms with Crippen LogP contribution in [0.25, 0.3) is 0 Å². The molecule has 0 aromatic heterocycles. The highest BCUT2D eigenvalue weighted by atomic mass is 16.6. The molecular weight excluding hydrogens is 336 g/mol. The number of ether oxygens (including phenoxy) is 1. The zero-order valence-corrected chi connectivity index (χ0v) is 16.5. The summed E-state index contributed by atoms with van der Waals surface area (Å²) in [6.45, 7) is 11.0. The molecule has 2 heterocycles. The van der Waals surface area contributed by atoms with E-state index >= 15 is 0 Å². The highest BCUT2D eigenvalue weighted by Gasteiger charge is 2.46. The van der Waals surface area contributed by atoms with Crippen LogP contribution in [0.4, 0.5) is 0 Å². The van der Waals surface area contributed by atoms with Crippen LogP contribution < -0.4 is 0 Å².